The molecule has 2 aromatic carbocycles. The summed E-state index contributed by atoms with van der Waals surface area (Å²) in [5, 5.41) is 10.6. The molecule has 0 aliphatic carbocycles. The molecule has 0 spiro atoms. The Morgan fingerprint density at radius 3 is 2.38 bits per heavy atom. The number of carbonyl (C=O) groups excluding carboxylic acids is 1. The normalized spacial score (nSPS) is 10.7. The molecule has 0 bridgehead atoms. The first kappa shape index (κ1) is 17.3. The highest BCUT2D eigenvalue weighted by molar-refractivity contribution is 6.06. The van der Waals surface area contributed by atoms with Crippen LogP contribution in [0.4, 0.5) is 10.1 Å². The zero-order valence-electron chi connectivity index (χ0n) is 12.9. The van der Waals surface area contributed by atoms with Crippen LogP contribution in [0.15, 0.2) is 54.6 Å². The fourth-order valence-electron chi connectivity index (χ4n) is 1.94. The maximum atomic E-state index is 12.0. The Labute approximate surface area is 138 Å². The second-order valence-corrected chi connectivity index (χ2v) is 4.96. The number of allylic oxidation sites excluding steroid dienone is 1. The van der Waals surface area contributed by atoms with Gasteiger partial charge in [-0.1, -0.05) is 18.2 Å². The van der Waals surface area contributed by atoms with E-state index in [9.17, 15) is 19.3 Å². The molecule has 124 valence electrons. The van der Waals surface area contributed by atoms with E-state index >= 15 is 0 Å². The van der Waals surface area contributed by atoms with Crippen molar-refractivity contribution in [2.24, 2.45) is 0 Å². The number of carbonyl (C=O) groups is 1. The van der Waals surface area contributed by atoms with Crippen molar-refractivity contribution in [1.82, 2.24) is 0 Å². The number of nitro groups is 1. The quantitative estimate of drug-likeness (QED) is 0.239. The van der Waals surface area contributed by atoms with Crippen LogP contribution >= 0.6 is 0 Å². The monoisotopic (exact) mass is 329 g/mol. The molecule has 0 aromatic heterocycles. The Morgan fingerprint density at radius 1 is 1.12 bits per heavy atom. The van der Waals surface area contributed by atoms with Crippen LogP contribution < -0.4 is 4.74 Å². The first-order valence-corrected chi connectivity index (χ1v) is 7.36. The lowest BCUT2D eigenvalue weighted by Gasteiger charge is -2.04. The van der Waals surface area contributed by atoms with E-state index in [-0.39, 0.29) is 11.5 Å². The number of hydrogen-bond acceptors (Lipinski definition) is 4. The van der Waals surface area contributed by atoms with E-state index in [4.69, 9.17) is 4.74 Å². The van der Waals surface area contributed by atoms with Crippen LogP contribution in [0.1, 0.15) is 22.3 Å². The topological polar surface area (TPSA) is 69.4 Å². The lowest BCUT2D eigenvalue weighted by atomic mass is 10.1. The van der Waals surface area contributed by atoms with E-state index in [1.54, 1.807) is 30.3 Å². The fraction of sp³-hybridized carbons (Fsp3) is 0.167. The summed E-state index contributed by atoms with van der Waals surface area (Å²) >= 11 is 0. The molecule has 2 rings (SSSR count). The zero-order chi connectivity index (χ0) is 17.4. The first-order chi connectivity index (χ1) is 11.6. The van der Waals surface area contributed by atoms with Crippen molar-refractivity contribution in [2.75, 3.05) is 13.3 Å². The van der Waals surface area contributed by atoms with Gasteiger partial charge in [0.25, 0.3) is 5.69 Å². The molecule has 0 heterocycles. The van der Waals surface area contributed by atoms with Crippen LogP contribution in [0.3, 0.4) is 0 Å². The molecule has 0 unspecified atom stereocenters. The standard InChI is InChI=1S/C18H16FNO4/c19-12-1-13-24-17-9-2-14(3-10-17)4-11-18(21)15-5-7-16(8-6-15)20(22)23/h2-11H,1,12-13H2. The van der Waals surface area contributed by atoms with Crippen LogP contribution in [0.5, 0.6) is 5.75 Å². The lowest BCUT2D eigenvalue weighted by molar-refractivity contribution is -0.384. The molecule has 0 aliphatic heterocycles. The molecule has 0 aliphatic rings. The molecule has 0 amide bonds. The van der Waals surface area contributed by atoms with E-state index in [2.05, 4.69) is 0 Å². The van der Waals surface area contributed by atoms with Gasteiger partial charge in [0, 0.05) is 24.1 Å². The van der Waals surface area contributed by atoms with Crippen molar-refractivity contribution in [2.45, 2.75) is 6.42 Å². The summed E-state index contributed by atoms with van der Waals surface area (Å²) in [4.78, 5) is 22.1. The molecule has 0 fully saturated rings. The van der Waals surface area contributed by atoms with Crippen molar-refractivity contribution >= 4 is 17.5 Å². The largest absolute Gasteiger partial charge is 0.493 e. The smallest absolute Gasteiger partial charge is 0.269 e. The number of ether oxygens (including phenoxy) is 1. The highest BCUT2D eigenvalue weighted by Crippen LogP contribution is 2.15. The number of halogens is 1. The Morgan fingerprint density at radius 2 is 1.79 bits per heavy atom. The summed E-state index contributed by atoms with van der Waals surface area (Å²) in [6, 6.07) is 12.5. The summed E-state index contributed by atoms with van der Waals surface area (Å²) < 4.78 is 17.3. The van der Waals surface area contributed by atoms with Gasteiger partial charge in [0.15, 0.2) is 5.78 Å². The van der Waals surface area contributed by atoms with Gasteiger partial charge < -0.3 is 4.74 Å². The number of benzene rings is 2. The predicted octanol–water partition coefficient (Wildman–Crippen LogP) is 4.23. The summed E-state index contributed by atoms with van der Waals surface area (Å²) in [7, 11) is 0. The second-order valence-electron chi connectivity index (χ2n) is 4.96. The number of hydrogen-bond donors (Lipinski definition) is 0. The van der Waals surface area contributed by atoms with Crippen molar-refractivity contribution in [3.05, 3.63) is 75.8 Å². The van der Waals surface area contributed by atoms with E-state index in [1.807, 2.05) is 0 Å². The van der Waals surface area contributed by atoms with Crippen LogP contribution in [0.2, 0.25) is 0 Å². The predicted molar refractivity (Wildman–Crippen MR) is 89.0 cm³/mol. The third-order valence-electron chi connectivity index (χ3n) is 3.22. The third kappa shape index (κ3) is 5.01. The maximum absolute atomic E-state index is 12.0. The average molecular weight is 329 g/mol. The summed E-state index contributed by atoms with van der Waals surface area (Å²) in [6.45, 7) is -0.0874. The molecule has 0 N–H and O–H groups in total. The number of ketones is 1. The van der Waals surface area contributed by atoms with Gasteiger partial charge in [-0.25, -0.2) is 0 Å². The van der Waals surface area contributed by atoms with Gasteiger partial charge in [-0.3, -0.25) is 19.3 Å². The minimum absolute atomic E-state index is 0.0566. The molecule has 0 saturated carbocycles. The van der Waals surface area contributed by atoms with Gasteiger partial charge in [-0.05, 0) is 35.9 Å². The molecule has 2 aromatic rings. The molecule has 6 heteroatoms. The second kappa shape index (κ2) is 8.57. The van der Waals surface area contributed by atoms with E-state index in [0.29, 0.717) is 24.3 Å². The molecular weight excluding hydrogens is 313 g/mol. The SMILES string of the molecule is O=C(C=Cc1ccc(OCCCF)cc1)c1ccc([N+](=O)[O-])cc1. The minimum Gasteiger partial charge on any atom is -0.493 e. The molecule has 0 saturated heterocycles. The number of alkyl halides is 1. The van der Waals surface area contributed by atoms with Crippen LogP contribution in [-0.4, -0.2) is 24.0 Å². The maximum Gasteiger partial charge on any atom is 0.269 e. The molecular formula is C18H16FNO4. The number of non-ortho nitro benzene ring substituents is 1. The zero-order valence-corrected chi connectivity index (χ0v) is 12.9. The first-order valence-electron chi connectivity index (χ1n) is 7.36. The van der Waals surface area contributed by atoms with Crippen molar-refractivity contribution < 1.29 is 18.8 Å². The highest BCUT2D eigenvalue weighted by Gasteiger charge is 2.07. The van der Waals surface area contributed by atoms with Crippen LogP contribution in [0.25, 0.3) is 6.08 Å². The fourth-order valence-corrected chi connectivity index (χ4v) is 1.94. The third-order valence-corrected chi connectivity index (χ3v) is 3.22. The summed E-state index contributed by atoms with van der Waals surface area (Å²) in [5.41, 5.74) is 1.13. The molecule has 5 nitrogen and oxygen atoms in total. The van der Waals surface area contributed by atoms with Crippen LogP contribution in [-0.2, 0) is 0 Å². The number of rotatable bonds is 8. The Balaban J connectivity index is 1.96. The molecule has 0 radical (unpaired) electrons. The van der Waals surface area contributed by atoms with Crippen molar-refractivity contribution in [3.63, 3.8) is 0 Å². The summed E-state index contributed by atoms with van der Waals surface area (Å²) in [6.07, 6.45) is 3.40. The van der Waals surface area contributed by atoms with Gasteiger partial charge in [0.2, 0.25) is 0 Å². The van der Waals surface area contributed by atoms with Crippen molar-refractivity contribution in [1.29, 1.82) is 0 Å². The number of nitro benzene ring substituents is 1. The Kier molecular flexibility index (Phi) is 6.19. The minimum atomic E-state index is -0.513. The van der Waals surface area contributed by atoms with Gasteiger partial charge in [0.05, 0.1) is 18.2 Å². The average Bonchev–Trinajstić information content (AvgIpc) is 2.61. The van der Waals surface area contributed by atoms with Gasteiger partial charge >= 0.3 is 0 Å². The lowest BCUT2D eigenvalue weighted by Crippen LogP contribution is -1.97. The van der Waals surface area contributed by atoms with Gasteiger partial charge in [-0.2, -0.15) is 0 Å². The van der Waals surface area contributed by atoms with Gasteiger partial charge in [-0.15, -0.1) is 0 Å². The molecule has 24 heavy (non-hydrogen) atoms. The molecule has 0 atom stereocenters. The van der Waals surface area contributed by atoms with E-state index in [1.165, 1.54) is 30.3 Å². The van der Waals surface area contributed by atoms with E-state index < -0.39 is 11.6 Å². The van der Waals surface area contributed by atoms with Crippen LogP contribution in [0, 0.1) is 10.1 Å². The van der Waals surface area contributed by atoms with Crippen molar-refractivity contribution in [3.8, 4) is 5.75 Å². The van der Waals surface area contributed by atoms with E-state index in [0.717, 1.165) is 5.56 Å². The number of nitrogens with zero attached hydrogens (tertiary/aromatic N) is 1. The Bertz CT molecular complexity index is 724. The van der Waals surface area contributed by atoms with Gasteiger partial charge in [0.1, 0.15) is 5.75 Å². The Hall–Kier alpha value is -3.02. The highest BCUT2D eigenvalue weighted by atomic mass is 19.1. The summed E-state index contributed by atoms with van der Waals surface area (Å²) in [5.74, 6) is 0.399.